The maximum atomic E-state index is 13.1. The van der Waals surface area contributed by atoms with Gasteiger partial charge >= 0.3 is 0 Å². The summed E-state index contributed by atoms with van der Waals surface area (Å²) in [6.07, 6.45) is 7.78. The van der Waals surface area contributed by atoms with Crippen LogP contribution in [0.15, 0.2) is 54.7 Å². The highest BCUT2D eigenvalue weighted by Gasteiger charge is 2.29. The van der Waals surface area contributed by atoms with Crippen molar-refractivity contribution in [2.75, 3.05) is 6.54 Å². The van der Waals surface area contributed by atoms with Gasteiger partial charge in [-0.15, -0.1) is 0 Å². The summed E-state index contributed by atoms with van der Waals surface area (Å²) in [4.78, 5) is 23.4. The molecule has 1 aliphatic rings. The highest BCUT2D eigenvalue weighted by Crippen LogP contribution is 2.31. The van der Waals surface area contributed by atoms with E-state index in [1.807, 2.05) is 24.3 Å². The second-order valence-corrected chi connectivity index (χ2v) is 8.37. The van der Waals surface area contributed by atoms with Gasteiger partial charge in [-0.25, -0.2) is 4.98 Å². The largest absolute Gasteiger partial charge is 0.350 e. The molecule has 3 heterocycles. The van der Waals surface area contributed by atoms with Crippen LogP contribution in [0.5, 0.6) is 0 Å². The number of aromatic nitrogens is 3. The summed E-state index contributed by atoms with van der Waals surface area (Å²) in [5.41, 5.74) is 4.59. The van der Waals surface area contributed by atoms with Crippen LogP contribution in [0.25, 0.3) is 21.9 Å². The van der Waals surface area contributed by atoms with E-state index >= 15 is 0 Å². The number of fused-ring (bicyclic) bond motifs is 2. The molecule has 0 bridgehead atoms. The Morgan fingerprint density at radius 3 is 2.87 bits per heavy atom. The lowest BCUT2D eigenvalue weighted by Gasteiger charge is -2.34. The van der Waals surface area contributed by atoms with Crippen molar-refractivity contribution >= 4 is 27.8 Å². The Morgan fingerprint density at radius 1 is 1.13 bits per heavy atom. The first-order chi connectivity index (χ1) is 14.7. The second kappa shape index (κ2) is 7.98. The van der Waals surface area contributed by atoms with Crippen molar-refractivity contribution < 1.29 is 4.79 Å². The number of aromatic amines is 1. The molecule has 5 rings (SSSR count). The summed E-state index contributed by atoms with van der Waals surface area (Å²) in [5, 5.41) is 1.30. The maximum absolute atomic E-state index is 13.1. The van der Waals surface area contributed by atoms with Crippen LogP contribution in [-0.2, 0) is 18.3 Å². The molecule has 2 aromatic heterocycles. The zero-order chi connectivity index (χ0) is 20.5. The van der Waals surface area contributed by atoms with Gasteiger partial charge in [0, 0.05) is 37.1 Å². The number of aryl methyl sites for hydroxylation is 2. The minimum Gasteiger partial charge on any atom is -0.350 e. The van der Waals surface area contributed by atoms with Crippen LogP contribution in [0.4, 0.5) is 0 Å². The molecule has 0 aliphatic carbocycles. The number of H-pyrrole nitrogens is 1. The Bertz CT molecular complexity index is 1160. The van der Waals surface area contributed by atoms with Crippen molar-refractivity contribution in [1.82, 2.24) is 19.4 Å². The van der Waals surface area contributed by atoms with Crippen molar-refractivity contribution in [2.45, 2.75) is 44.6 Å². The number of hydrogen-bond acceptors (Lipinski definition) is 2. The topological polar surface area (TPSA) is 53.9 Å². The van der Waals surface area contributed by atoms with Gasteiger partial charge in [0.25, 0.3) is 0 Å². The van der Waals surface area contributed by atoms with Crippen molar-refractivity contribution in [3.05, 3.63) is 66.1 Å². The van der Waals surface area contributed by atoms with Gasteiger partial charge in [-0.1, -0.05) is 30.3 Å². The van der Waals surface area contributed by atoms with Gasteiger partial charge in [0.2, 0.25) is 5.91 Å². The van der Waals surface area contributed by atoms with Crippen LogP contribution in [-0.4, -0.2) is 31.9 Å². The first-order valence-corrected chi connectivity index (χ1v) is 11.0. The average molecular weight is 401 g/mol. The molecule has 0 radical (unpaired) electrons. The van der Waals surface area contributed by atoms with Gasteiger partial charge in [0.15, 0.2) is 0 Å². The van der Waals surface area contributed by atoms with Gasteiger partial charge in [0.05, 0.1) is 17.1 Å². The Hall–Kier alpha value is -3.08. The normalized spacial score (nSPS) is 17.1. The third kappa shape index (κ3) is 3.49. The van der Waals surface area contributed by atoms with E-state index in [9.17, 15) is 4.79 Å². The average Bonchev–Trinajstić information content (AvgIpc) is 3.35. The van der Waals surface area contributed by atoms with Gasteiger partial charge < -0.3 is 14.5 Å². The SMILES string of the molecule is Cn1cc(CCCC(=O)N2CCCC[C@H]2c2nc3ccccc3[nH]2)c2ccccc21. The Labute approximate surface area is 176 Å². The quantitative estimate of drug-likeness (QED) is 0.505. The smallest absolute Gasteiger partial charge is 0.223 e. The number of piperidine rings is 1. The Morgan fingerprint density at radius 2 is 1.97 bits per heavy atom. The molecular weight excluding hydrogens is 372 g/mol. The number of para-hydroxylation sites is 3. The molecule has 5 nitrogen and oxygen atoms in total. The molecule has 1 aliphatic heterocycles. The summed E-state index contributed by atoms with van der Waals surface area (Å²) in [5.74, 6) is 1.18. The second-order valence-electron chi connectivity index (χ2n) is 8.37. The summed E-state index contributed by atoms with van der Waals surface area (Å²) >= 11 is 0. The fraction of sp³-hybridized carbons (Fsp3) is 0.360. The number of carbonyl (C=O) groups excluding carboxylic acids is 1. The molecule has 0 spiro atoms. The number of carbonyl (C=O) groups is 1. The third-order valence-electron chi connectivity index (χ3n) is 6.36. The van der Waals surface area contributed by atoms with Gasteiger partial charge in [-0.2, -0.15) is 0 Å². The molecular formula is C25H28N4O. The molecule has 0 unspecified atom stereocenters. The summed E-state index contributed by atoms with van der Waals surface area (Å²) < 4.78 is 2.18. The van der Waals surface area contributed by atoms with Crippen molar-refractivity contribution in [1.29, 1.82) is 0 Å². The van der Waals surface area contributed by atoms with E-state index in [1.165, 1.54) is 16.5 Å². The molecule has 2 aromatic carbocycles. The molecule has 154 valence electrons. The van der Waals surface area contributed by atoms with Crippen LogP contribution in [0.2, 0.25) is 0 Å². The van der Waals surface area contributed by atoms with E-state index < -0.39 is 0 Å². The standard InChI is InChI=1S/C25H28N4O/c1-28-17-18(19-10-2-5-13-22(19)28)9-8-15-24(30)29-16-7-6-14-23(29)25-26-20-11-3-4-12-21(20)27-25/h2-5,10-13,17,23H,6-9,14-16H2,1H3,(H,26,27)/t23-/m0/s1. The summed E-state index contributed by atoms with van der Waals surface area (Å²) in [6, 6.07) is 16.6. The molecule has 4 aromatic rings. The molecule has 5 heteroatoms. The Balaban J connectivity index is 1.28. The first kappa shape index (κ1) is 18.9. The number of amides is 1. The monoisotopic (exact) mass is 400 g/mol. The van der Waals surface area contributed by atoms with Crippen molar-refractivity contribution in [2.24, 2.45) is 7.05 Å². The number of nitrogens with one attached hydrogen (secondary N) is 1. The number of rotatable bonds is 5. The van der Waals surface area contributed by atoms with E-state index in [2.05, 4.69) is 52.0 Å². The highest BCUT2D eigenvalue weighted by atomic mass is 16.2. The van der Waals surface area contributed by atoms with Crippen molar-refractivity contribution in [3.8, 4) is 0 Å². The number of hydrogen-bond donors (Lipinski definition) is 1. The molecule has 1 amide bonds. The van der Waals surface area contributed by atoms with Crippen LogP contribution >= 0.6 is 0 Å². The highest BCUT2D eigenvalue weighted by molar-refractivity contribution is 5.84. The molecule has 1 N–H and O–H groups in total. The zero-order valence-electron chi connectivity index (χ0n) is 17.5. The van der Waals surface area contributed by atoms with Crippen LogP contribution < -0.4 is 0 Å². The number of imidazole rings is 1. The molecule has 1 fully saturated rings. The predicted molar refractivity (Wildman–Crippen MR) is 120 cm³/mol. The van der Waals surface area contributed by atoms with Gasteiger partial charge in [-0.3, -0.25) is 4.79 Å². The predicted octanol–water partition coefficient (Wildman–Crippen LogP) is 5.13. The minimum absolute atomic E-state index is 0.0659. The van der Waals surface area contributed by atoms with Crippen LogP contribution in [0, 0.1) is 0 Å². The maximum Gasteiger partial charge on any atom is 0.223 e. The lowest BCUT2D eigenvalue weighted by Crippen LogP contribution is -2.38. The number of benzene rings is 2. The number of likely N-dealkylation sites (tertiary alicyclic amines) is 1. The van der Waals surface area contributed by atoms with Crippen LogP contribution in [0.3, 0.4) is 0 Å². The minimum atomic E-state index is 0.0659. The first-order valence-electron chi connectivity index (χ1n) is 11.0. The number of nitrogens with zero attached hydrogens (tertiary/aromatic N) is 3. The van der Waals surface area contributed by atoms with Gasteiger partial charge in [0.1, 0.15) is 5.82 Å². The van der Waals surface area contributed by atoms with Gasteiger partial charge in [-0.05, 0) is 55.9 Å². The summed E-state index contributed by atoms with van der Waals surface area (Å²) in [6.45, 7) is 0.828. The van der Waals surface area contributed by atoms with E-state index in [4.69, 9.17) is 4.98 Å². The molecule has 30 heavy (non-hydrogen) atoms. The molecule has 1 atom stereocenters. The van der Waals surface area contributed by atoms with E-state index in [0.717, 1.165) is 55.5 Å². The molecule has 0 saturated carbocycles. The van der Waals surface area contributed by atoms with E-state index in [-0.39, 0.29) is 11.9 Å². The lowest BCUT2D eigenvalue weighted by molar-refractivity contribution is -0.135. The van der Waals surface area contributed by atoms with E-state index in [1.54, 1.807) is 0 Å². The fourth-order valence-corrected chi connectivity index (χ4v) is 4.84. The van der Waals surface area contributed by atoms with E-state index in [0.29, 0.717) is 6.42 Å². The summed E-state index contributed by atoms with van der Waals surface area (Å²) in [7, 11) is 2.09. The van der Waals surface area contributed by atoms with Crippen molar-refractivity contribution in [3.63, 3.8) is 0 Å². The molecule has 1 saturated heterocycles. The zero-order valence-corrected chi connectivity index (χ0v) is 17.5. The van der Waals surface area contributed by atoms with Crippen LogP contribution in [0.1, 0.15) is 49.5 Å². The fourth-order valence-electron chi connectivity index (χ4n) is 4.84. The third-order valence-corrected chi connectivity index (χ3v) is 6.36. The Kier molecular flexibility index (Phi) is 5.03. The lowest BCUT2D eigenvalue weighted by atomic mass is 10.00.